The molecule has 1 amide bonds. The SMILES string of the molecule is O=C(O)[C@H]1COCCN1C(=O)[C@@H]1COc2ccccc2C1. The molecule has 0 bridgehead atoms. The minimum Gasteiger partial charge on any atom is -0.492 e. The van der Waals surface area contributed by atoms with Crippen molar-refractivity contribution < 1.29 is 24.2 Å². The number of ether oxygens (including phenoxy) is 2. The number of benzene rings is 1. The number of para-hydroxylation sites is 1. The summed E-state index contributed by atoms with van der Waals surface area (Å²) in [7, 11) is 0. The second-order valence-corrected chi connectivity index (χ2v) is 5.28. The first-order chi connectivity index (χ1) is 10.2. The van der Waals surface area contributed by atoms with Crippen molar-refractivity contribution in [3.05, 3.63) is 29.8 Å². The van der Waals surface area contributed by atoms with E-state index in [-0.39, 0.29) is 18.4 Å². The van der Waals surface area contributed by atoms with Crippen molar-refractivity contribution in [3.8, 4) is 5.75 Å². The molecule has 0 aliphatic carbocycles. The van der Waals surface area contributed by atoms with Crippen LogP contribution in [0.5, 0.6) is 5.75 Å². The summed E-state index contributed by atoms with van der Waals surface area (Å²) in [4.78, 5) is 25.3. The lowest BCUT2D eigenvalue weighted by molar-refractivity contribution is -0.161. The van der Waals surface area contributed by atoms with Gasteiger partial charge in [-0.2, -0.15) is 0 Å². The van der Waals surface area contributed by atoms with Crippen LogP contribution in [0.25, 0.3) is 0 Å². The van der Waals surface area contributed by atoms with E-state index in [1.807, 2.05) is 24.3 Å². The average molecular weight is 291 g/mol. The third-order valence-electron chi connectivity index (χ3n) is 3.92. The Morgan fingerprint density at radius 2 is 2.05 bits per heavy atom. The number of aliphatic carboxylic acids is 1. The molecule has 1 saturated heterocycles. The third kappa shape index (κ3) is 2.71. The Balaban J connectivity index is 1.75. The van der Waals surface area contributed by atoms with Crippen molar-refractivity contribution in [3.63, 3.8) is 0 Å². The Morgan fingerprint density at radius 1 is 1.24 bits per heavy atom. The molecular formula is C15H17NO5. The zero-order valence-corrected chi connectivity index (χ0v) is 11.5. The Hall–Kier alpha value is -2.08. The van der Waals surface area contributed by atoms with Gasteiger partial charge in [-0.3, -0.25) is 4.79 Å². The Kier molecular flexibility index (Phi) is 3.79. The minimum absolute atomic E-state index is 0.0469. The smallest absolute Gasteiger partial charge is 0.328 e. The van der Waals surface area contributed by atoms with Gasteiger partial charge in [0.05, 0.1) is 19.1 Å². The summed E-state index contributed by atoms with van der Waals surface area (Å²) in [5.41, 5.74) is 0.988. The van der Waals surface area contributed by atoms with E-state index in [4.69, 9.17) is 9.47 Å². The number of fused-ring (bicyclic) bond motifs is 1. The molecule has 1 N–H and O–H groups in total. The molecule has 2 aliphatic rings. The highest BCUT2D eigenvalue weighted by atomic mass is 16.5. The van der Waals surface area contributed by atoms with Gasteiger partial charge in [0.1, 0.15) is 12.4 Å². The summed E-state index contributed by atoms with van der Waals surface area (Å²) < 4.78 is 10.8. The van der Waals surface area contributed by atoms with Gasteiger partial charge in [-0.05, 0) is 18.1 Å². The second kappa shape index (κ2) is 5.73. The molecule has 0 spiro atoms. The molecule has 0 saturated carbocycles. The van der Waals surface area contributed by atoms with Crippen molar-refractivity contribution in [2.45, 2.75) is 12.5 Å². The van der Waals surface area contributed by atoms with Crippen LogP contribution >= 0.6 is 0 Å². The Morgan fingerprint density at radius 3 is 2.86 bits per heavy atom. The van der Waals surface area contributed by atoms with Gasteiger partial charge < -0.3 is 19.5 Å². The molecule has 1 aromatic carbocycles. The molecule has 6 heteroatoms. The largest absolute Gasteiger partial charge is 0.492 e. The van der Waals surface area contributed by atoms with Crippen LogP contribution < -0.4 is 4.74 Å². The van der Waals surface area contributed by atoms with Crippen molar-refractivity contribution in [2.24, 2.45) is 5.92 Å². The standard InChI is InChI=1S/C15H17NO5/c17-14(16-5-6-20-9-12(16)15(18)19)11-7-10-3-1-2-4-13(10)21-8-11/h1-4,11-12H,5-9H2,(H,18,19)/t11-,12+/m0/s1. The van der Waals surface area contributed by atoms with E-state index < -0.39 is 12.0 Å². The molecule has 3 rings (SSSR count). The van der Waals surface area contributed by atoms with Crippen LogP contribution in [0.1, 0.15) is 5.56 Å². The first-order valence-electron chi connectivity index (χ1n) is 6.98. The summed E-state index contributed by atoms with van der Waals surface area (Å²) in [5, 5.41) is 9.21. The summed E-state index contributed by atoms with van der Waals surface area (Å²) >= 11 is 0. The lowest BCUT2D eigenvalue weighted by atomic mass is 9.95. The normalized spacial score (nSPS) is 24.9. The van der Waals surface area contributed by atoms with E-state index in [0.717, 1.165) is 11.3 Å². The molecule has 0 unspecified atom stereocenters. The van der Waals surface area contributed by atoms with Gasteiger partial charge >= 0.3 is 5.97 Å². The fourth-order valence-electron chi connectivity index (χ4n) is 2.79. The number of amides is 1. The molecule has 2 atom stereocenters. The van der Waals surface area contributed by atoms with Gasteiger partial charge in [-0.15, -0.1) is 0 Å². The first kappa shape index (κ1) is 13.9. The molecule has 0 radical (unpaired) electrons. The van der Waals surface area contributed by atoms with E-state index in [2.05, 4.69) is 0 Å². The van der Waals surface area contributed by atoms with Crippen LogP contribution in [0.4, 0.5) is 0 Å². The highest BCUT2D eigenvalue weighted by Gasteiger charge is 2.37. The lowest BCUT2D eigenvalue weighted by Gasteiger charge is -2.36. The predicted octanol–water partition coefficient (Wildman–Crippen LogP) is 0.550. The lowest BCUT2D eigenvalue weighted by Crippen LogP contribution is -2.55. The average Bonchev–Trinajstić information content (AvgIpc) is 2.53. The minimum atomic E-state index is -1.03. The van der Waals surface area contributed by atoms with Gasteiger partial charge in [0.2, 0.25) is 5.91 Å². The van der Waals surface area contributed by atoms with E-state index in [1.165, 1.54) is 4.90 Å². The number of hydrogen-bond acceptors (Lipinski definition) is 4. The first-order valence-corrected chi connectivity index (χ1v) is 6.98. The molecular weight excluding hydrogens is 274 g/mol. The molecule has 6 nitrogen and oxygen atoms in total. The summed E-state index contributed by atoms with van der Waals surface area (Å²) in [6.07, 6.45) is 0.582. The molecule has 21 heavy (non-hydrogen) atoms. The van der Waals surface area contributed by atoms with Crippen LogP contribution in [0.3, 0.4) is 0 Å². The van der Waals surface area contributed by atoms with Gasteiger partial charge in [-0.25, -0.2) is 4.79 Å². The third-order valence-corrected chi connectivity index (χ3v) is 3.92. The van der Waals surface area contributed by atoms with Crippen molar-refractivity contribution in [1.82, 2.24) is 4.90 Å². The van der Waals surface area contributed by atoms with Gasteiger partial charge in [-0.1, -0.05) is 18.2 Å². The highest BCUT2D eigenvalue weighted by Crippen LogP contribution is 2.28. The number of carboxylic acids is 1. The number of carbonyl (C=O) groups is 2. The fourth-order valence-corrected chi connectivity index (χ4v) is 2.79. The van der Waals surface area contributed by atoms with Crippen molar-refractivity contribution in [1.29, 1.82) is 0 Å². The van der Waals surface area contributed by atoms with Crippen molar-refractivity contribution in [2.75, 3.05) is 26.4 Å². The van der Waals surface area contributed by atoms with Crippen LogP contribution in [0.2, 0.25) is 0 Å². The molecule has 1 fully saturated rings. The van der Waals surface area contributed by atoms with Crippen molar-refractivity contribution >= 4 is 11.9 Å². The van der Waals surface area contributed by atoms with E-state index in [0.29, 0.717) is 26.2 Å². The zero-order chi connectivity index (χ0) is 14.8. The van der Waals surface area contributed by atoms with E-state index >= 15 is 0 Å². The van der Waals surface area contributed by atoms with Crippen LogP contribution in [0, 0.1) is 5.92 Å². The highest BCUT2D eigenvalue weighted by molar-refractivity contribution is 5.86. The van der Waals surface area contributed by atoms with Crippen LogP contribution in [0.15, 0.2) is 24.3 Å². The quantitative estimate of drug-likeness (QED) is 0.861. The van der Waals surface area contributed by atoms with Gasteiger partial charge in [0.25, 0.3) is 0 Å². The number of hydrogen-bond donors (Lipinski definition) is 1. The number of rotatable bonds is 2. The van der Waals surface area contributed by atoms with Gasteiger partial charge in [0, 0.05) is 6.54 Å². The predicted molar refractivity (Wildman–Crippen MR) is 73.1 cm³/mol. The molecule has 2 heterocycles. The summed E-state index contributed by atoms with van der Waals surface area (Å²) in [6.45, 7) is 1.03. The number of morpholine rings is 1. The maximum atomic E-state index is 12.6. The Bertz CT molecular complexity index is 559. The van der Waals surface area contributed by atoms with E-state index in [1.54, 1.807) is 0 Å². The maximum absolute atomic E-state index is 12.6. The van der Waals surface area contributed by atoms with Crippen LogP contribution in [-0.4, -0.2) is 54.3 Å². The molecule has 112 valence electrons. The zero-order valence-electron chi connectivity index (χ0n) is 11.5. The topological polar surface area (TPSA) is 76.1 Å². The summed E-state index contributed by atoms with van der Waals surface area (Å²) in [5.74, 6) is -0.724. The fraction of sp³-hybridized carbons (Fsp3) is 0.467. The van der Waals surface area contributed by atoms with E-state index in [9.17, 15) is 14.7 Å². The second-order valence-electron chi connectivity index (χ2n) is 5.28. The Labute approximate surface area is 122 Å². The molecule has 2 aliphatic heterocycles. The molecule has 1 aromatic rings. The van der Waals surface area contributed by atoms with Gasteiger partial charge in [0.15, 0.2) is 6.04 Å². The number of carbonyl (C=O) groups excluding carboxylic acids is 1. The molecule has 0 aromatic heterocycles. The number of nitrogens with zero attached hydrogens (tertiary/aromatic N) is 1. The van der Waals surface area contributed by atoms with Crippen LogP contribution in [-0.2, 0) is 20.7 Å². The number of carboxylic acid groups (broad SMARTS) is 1. The monoisotopic (exact) mass is 291 g/mol. The summed E-state index contributed by atoms with van der Waals surface area (Å²) in [6, 6.07) is 6.71. The maximum Gasteiger partial charge on any atom is 0.328 e.